The van der Waals surface area contributed by atoms with Crippen LogP contribution in [0.3, 0.4) is 0 Å². The number of hydrogen-bond donors (Lipinski definition) is 0. The maximum Gasteiger partial charge on any atom is 0.231 e. The van der Waals surface area contributed by atoms with Crippen LogP contribution in [0, 0.1) is 0 Å². The van der Waals surface area contributed by atoms with Gasteiger partial charge in [0.15, 0.2) is 11.5 Å². The van der Waals surface area contributed by atoms with Gasteiger partial charge in [-0.05, 0) is 18.1 Å². The molecule has 0 N–H and O–H groups in total. The molecule has 0 aliphatic carbocycles. The maximum atomic E-state index is 6.29. The van der Waals surface area contributed by atoms with Gasteiger partial charge in [0, 0.05) is 18.1 Å². The number of fused-ring (bicyclic) bond motifs is 4. The quantitative estimate of drug-likeness (QED) is 0.852. The molecule has 0 saturated carbocycles. The van der Waals surface area contributed by atoms with Crippen LogP contribution in [0.25, 0.3) is 0 Å². The molecule has 2 aromatic carbocycles. The van der Waals surface area contributed by atoms with E-state index in [2.05, 4.69) is 18.2 Å². The zero-order valence-electron chi connectivity index (χ0n) is 12.1. The van der Waals surface area contributed by atoms with Gasteiger partial charge in [-0.25, -0.2) is 0 Å². The van der Waals surface area contributed by atoms with E-state index >= 15 is 0 Å². The Balaban J connectivity index is 1.55. The predicted molar refractivity (Wildman–Crippen MR) is 79.4 cm³/mol. The Morgan fingerprint density at radius 3 is 2.68 bits per heavy atom. The number of ether oxygens (including phenoxy) is 4. The van der Waals surface area contributed by atoms with E-state index in [-0.39, 0.29) is 12.7 Å². The third kappa shape index (κ3) is 1.67. The van der Waals surface area contributed by atoms with E-state index in [9.17, 15) is 0 Å². The molecule has 3 heterocycles. The molecule has 0 spiro atoms. The lowest BCUT2D eigenvalue weighted by Crippen LogP contribution is -2.38. The van der Waals surface area contributed by atoms with E-state index in [1.165, 1.54) is 11.1 Å². The lowest BCUT2D eigenvalue weighted by Gasteiger charge is -2.28. The average Bonchev–Trinajstić information content (AvgIpc) is 3.19. The molecule has 4 nitrogen and oxygen atoms in total. The Morgan fingerprint density at radius 1 is 1.00 bits per heavy atom. The summed E-state index contributed by atoms with van der Waals surface area (Å²) in [6.07, 6.45) is 1.72. The molecular formula is C18H16O4. The largest absolute Gasteiger partial charge is 0.461 e. The fourth-order valence-corrected chi connectivity index (χ4v) is 3.74. The first-order valence-corrected chi connectivity index (χ1v) is 7.64. The van der Waals surface area contributed by atoms with Gasteiger partial charge in [-0.1, -0.05) is 30.3 Å². The molecule has 2 atom stereocenters. The SMILES string of the molecule is c1ccc(C[C@]23OCC[C@H]2c2cc4c(cc2O3)OCO4)cc1. The topological polar surface area (TPSA) is 36.9 Å². The molecule has 1 saturated heterocycles. The predicted octanol–water partition coefficient (Wildman–Crippen LogP) is 3.25. The molecule has 0 amide bonds. The van der Waals surface area contributed by atoms with E-state index in [1.807, 2.05) is 24.3 Å². The molecule has 3 aliphatic rings. The van der Waals surface area contributed by atoms with Crippen LogP contribution in [-0.4, -0.2) is 19.2 Å². The molecule has 0 bridgehead atoms. The van der Waals surface area contributed by atoms with Crippen LogP contribution in [0.1, 0.15) is 23.5 Å². The minimum absolute atomic E-state index is 0.247. The first-order valence-electron chi connectivity index (χ1n) is 7.64. The van der Waals surface area contributed by atoms with Crippen molar-refractivity contribution >= 4 is 0 Å². The highest BCUT2D eigenvalue weighted by atomic mass is 16.7. The summed E-state index contributed by atoms with van der Waals surface area (Å²) in [5.41, 5.74) is 2.40. The highest BCUT2D eigenvalue weighted by Gasteiger charge is 2.53. The summed E-state index contributed by atoms with van der Waals surface area (Å²) in [7, 11) is 0. The summed E-state index contributed by atoms with van der Waals surface area (Å²) < 4.78 is 23.3. The molecule has 0 radical (unpaired) electrons. The van der Waals surface area contributed by atoms with Crippen molar-refractivity contribution < 1.29 is 18.9 Å². The smallest absolute Gasteiger partial charge is 0.231 e. The molecule has 5 rings (SSSR count). The van der Waals surface area contributed by atoms with Crippen LogP contribution >= 0.6 is 0 Å². The summed E-state index contributed by atoms with van der Waals surface area (Å²) in [6, 6.07) is 14.4. The molecule has 3 aliphatic heterocycles. The normalized spacial score (nSPS) is 27.4. The fraction of sp³-hybridized carbons (Fsp3) is 0.333. The summed E-state index contributed by atoms with van der Waals surface area (Å²) >= 11 is 0. The van der Waals surface area contributed by atoms with Gasteiger partial charge in [-0.3, -0.25) is 0 Å². The molecule has 0 aromatic heterocycles. The third-order valence-corrected chi connectivity index (χ3v) is 4.74. The van der Waals surface area contributed by atoms with E-state index < -0.39 is 5.79 Å². The Kier molecular flexibility index (Phi) is 2.47. The Labute approximate surface area is 128 Å². The van der Waals surface area contributed by atoms with E-state index in [0.29, 0.717) is 0 Å². The monoisotopic (exact) mass is 296 g/mol. The number of benzene rings is 2. The standard InChI is InChI=1S/C18H16O4/c1-2-4-12(5-3-1)10-18-14(6-7-21-18)13-8-16-17(20-11-19-16)9-15(13)22-18/h1-5,8-9,14H,6-7,10-11H2/t14-,18+/m0/s1. The fourth-order valence-electron chi connectivity index (χ4n) is 3.74. The van der Waals surface area contributed by atoms with Gasteiger partial charge in [-0.15, -0.1) is 0 Å². The second-order valence-corrected chi connectivity index (χ2v) is 6.01. The van der Waals surface area contributed by atoms with Gasteiger partial charge in [0.25, 0.3) is 0 Å². The Morgan fingerprint density at radius 2 is 1.82 bits per heavy atom. The zero-order valence-corrected chi connectivity index (χ0v) is 12.1. The number of hydrogen-bond acceptors (Lipinski definition) is 4. The van der Waals surface area contributed by atoms with E-state index in [1.54, 1.807) is 0 Å². The third-order valence-electron chi connectivity index (χ3n) is 4.74. The lowest BCUT2D eigenvalue weighted by atomic mass is 9.88. The van der Waals surface area contributed by atoms with Crippen LogP contribution in [-0.2, 0) is 11.2 Å². The van der Waals surface area contributed by atoms with E-state index in [0.717, 1.165) is 36.7 Å². The van der Waals surface area contributed by atoms with Crippen molar-refractivity contribution in [3.63, 3.8) is 0 Å². The molecule has 1 fully saturated rings. The van der Waals surface area contributed by atoms with Gasteiger partial charge in [-0.2, -0.15) is 0 Å². The minimum atomic E-state index is -0.585. The van der Waals surface area contributed by atoms with Crippen LogP contribution in [0.15, 0.2) is 42.5 Å². The van der Waals surface area contributed by atoms with Crippen molar-refractivity contribution in [1.82, 2.24) is 0 Å². The Bertz CT molecular complexity index is 727. The van der Waals surface area contributed by atoms with Gasteiger partial charge < -0.3 is 18.9 Å². The van der Waals surface area contributed by atoms with Crippen LogP contribution < -0.4 is 14.2 Å². The average molecular weight is 296 g/mol. The highest BCUT2D eigenvalue weighted by Crippen LogP contribution is 2.55. The van der Waals surface area contributed by atoms with Crippen LogP contribution in [0.5, 0.6) is 17.2 Å². The minimum Gasteiger partial charge on any atom is -0.461 e. The summed E-state index contributed by atoms with van der Waals surface area (Å²) in [6.45, 7) is 1.01. The van der Waals surface area contributed by atoms with E-state index in [4.69, 9.17) is 18.9 Å². The van der Waals surface area contributed by atoms with Crippen molar-refractivity contribution in [3.8, 4) is 17.2 Å². The first kappa shape index (κ1) is 12.4. The maximum absolute atomic E-state index is 6.29. The Hall–Kier alpha value is -2.20. The lowest BCUT2D eigenvalue weighted by molar-refractivity contribution is -0.144. The highest BCUT2D eigenvalue weighted by molar-refractivity contribution is 5.56. The van der Waals surface area contributed by atoms with Crippen molar-refractivity contribution in [2.24, 2.45) is 0 Å². The zero-order chi connectivity index (χ0) is 14.6. The van der Waals surface area contributed by atoms with Gasteiger partial charge in [0.1, 0.15) is 5.75 Å². The first-order chi connectivity index (χ1) is 10.8. The summed E-state index contributed by atoms with van der Waals surface area (Å²) in [5.74, 6) is 2.10. The second-order valence-electron chi connectivity index (χ2n) is 6.01. The molecule has 2 aromatic rings. The molecule has 0 unspecified atom stereocenters. The summed E-state index contributed by atoms with van der Waals surface area (Å²) in [5, 5.41) is 0. The van der Waals surface area contributed by atoms with Crippen LogP contribution in [0.4, 0.5) is 0 Å². The summed E-state index contributed by atoms with van der Waals surface area (Å²) in [4.78, 5) is 0. The van der Waals surface area contributed by atoms with Crippen molar-refractivity contribution in [3.05, 3.63) is 53.6 Å². The second kappa shape index (κ2) is 4.40. The van der Waals surface area contributed by atoms with Crippen molar-refractivity contribution in [2.45, 2.75) is 24.5 Å². The molecule has 4 heteroatoms. The van der Waals surface area contributed by atoms with Gasteiger partial charge in [0.2, 0.25) is 12.6 Å². The molecule has 22 heavy (non-hydrogen) atoms. The van der Waals surface area contributed by atoms with Crippen LogP contribution in [0.2, 0.25) is 0 Å². The molecular weight excluding hydrogens is 280 g/mol. The number of rotatable bonds is 2. The van der Waals surface area contributed by atoms with Crippen molar-refractivity contribution in [1.29, 1.82) is 0 Å². The van der Waals surface area contributed by atoms with Gasteiger partial charge >= 0.3 is 0 Å². The van der Waals surface area contributed by atoms with Crippen molar-refractivity contribution in [2.75, 3.05) is 13.4 Å². The molecule has 112 valence electrons. The van der Waals surface area contributed by atoms with Gasteiger partial charge in [0.05, 0.1) is 12.5 Å².